The third-order valence-electron chi connectivity index (χ3n) is 6.70. The lowest BCUT2D eigenvalue weighted by Crippen LogP contribution is -2.72. The number of rotatable bonds is 5. The van der Waals surface area contributed by atoms with Crippen molar-refractivity contribution in [2.24, 2.45) is 0 Å². The standard InChI is InChI=1S/C23H29Cl2N3O5/c1-15(29)33-14-22(31)27-8-9-28(21(30)11-16-4-5-17(24)18(25)10-16)23-19(12-32-13-20(23)27)26-6-2-3-7-26/h4-5,10,19-20,23H,2-3,6-9,11-14H2,1H3/t19-,20?,23?/m0/s1. The Morgan fingerprint density at radius 1 is 0.970 bits per heavy atom. The molecular formula is C23H29Cl2N3O5. The maximum atomic E-state index is 13.5. The van der Waals surface area contributed by atoms with Crippen LogP contribution < -0.4 is 0 Å². The predicted molar refractivity (Wildman–Crippen MR) is 123 cm³/mol. The van der Waals surface area contributed by atoms with Gasteiger partial charge in [-0.05, 0) is 43.6 Å². The molecule has 3 aliphatic heterocycles. The Labute approximate surface area is 203 Å². The molecule has 3 fully saturated rings. The number of hydrogen-bond acceptors (Lipinski definition) is 6. The first-order chi connectivity index (χ1) is 15.8. The number of esters is 1. The highest BCUT2D eigenvalue weighted by Crippen LogP contribution is 2.30. The maximum absolute atomic E-state index is 13.5. The summed E-state index contributed by atoms with van der Waals surface area (Å²) in [5, 5.41) is 0.869. The Bertz CT molecular complexity index is 908. The van der Waals surface area contributed by atoms with Gasteiger partial charge in [-0.25, -0.2) is 0 Å². The zero-order chi connectivity index (χ0) is 23.5. The fourth-order valence-electron chi connectivity index (χ4n) is 5.15. The molecule has 0 aliphatic carbocycles. The van der Waals surface area contributed by atoms with E-state index < -0.39 is 5.97 Å². The van der Waals surface area contributed by atoms with Gasteiger partial charge in [0.2, 0.25) is 5.91 Å². The molecule has 0 radical (unpaired) electrons. The number of hydrogen-bond donors (Lipinski definition) is 0. The van der Waals surface area contributed by atoms with Crippen molar-refractivity contribution in [1.29, 1.82) is 0 Å². The number of carbonyl (C=O) groups excluding carboxylic acids is 3. The van der Waals surface area contributed by atoms with Gasteiger partial charge in [0.05, 0.1) is 47.8 Å². The van der Waals surface area contributed by atoms with Crippen molar-refractivity contribution in [3.63, 3.8) is 0 Å². The Morgan fingerprint density at radius 2 is 1.67 bits per heavy atom. The molecule has 3 atom stereocenters. The van der Waals surface area contributed by atoms with Gasteiger partial charge in [-0.2, -0.15) is 0 Å². The summed E-state index contributed by atoms with van der Waals surface area (Å²) in [4.78, 5) is 43.6. The molecule has 8 nitrogen and oxygen atoms in total. The minimum Gasteiger partial charge on any atom is -0.456 e. The summed E-state index contributed by atoms with van der Waals surface area (Å²) in [5.74, 6) is -0.769. The van der Waals surface area contributed by atoms with Crippen LogP contribution in [0.4, 0.5) is 0 Å². The fourth-order valence-corrected chi connectivity index (χ4v) is 5.47. The van der Waals surface area contributed by atoms with Gasteiger partial charge in [0, 0.05) is 20.0 Å². The molecule has 0 aromatic heterocycles. The average molecular weight is 498 g/mol. The lowest BCUT2D eigenvalue weighted by Gasteiger charge is -2.54. The van der Waals surface area contributed by atoms with E-state index in [1.807, 2.05) is 11.0 Å². The number of halogens is 2. The van der Waals surface area contributed by atoms with Crippen LogP contribution in [-0.2, 0) is 30.3 Å². The number of carbonyl (C=O) groups is 3. The second kappa shape index (κ2) is 10.6. The summed E-state index contributed by atoms with van der Waals surface area (Å²) in [6, 6.07) is 4.75. The fraction of sp³-hybridized carbons (Fsp3) is 0.609. The number of fused-ring (bicyclic) bond motifs is 1. The van der Waals surface area contributed by atoms with Crippen molar-refractivity contribution in [1.82, 2.24) is 14.7 Å². The Hall–Kier alpha value is -1.87. The summed E-state index contributed by atoms with van der Waals surface area (Å²) < 4.78 is 10.9. The molecule has 0 spiro atoms. The first-order valence-electron chi connectivity index (χ1n) is 11.3. The average Bonchev–Trinajstić information content (AvgIpc) is 3.33. The van der Waals surface area contributed by atoms with Crippen molar-refractivity contribution < 1.29 is 23.9 Å². The van der Waals surface area contributed by atoms with E-state index in [0.29, 0.717) is 36.3 Å². The van der Waals surface area contributed by atoms with Crippen LogP contribution in [0.25, 0.3) is 0 Å². The van der Waals surface area contributed by atoms with Crippen LogP contribution in [0, 0.1) is 0 Å². The van der Waals surface area contributed by atoms with Crippen molar-refractivity contribution in [2.75, 3.05) is 46.0 Å². The topological polar surface area (TPSA) is 79.4 Å². The van der Waals surface area contributed by atoms with E-state index in [0.717, 1.165) is 31.5 Å². The van der Waals surface area contributed by atoms with Crippen LogP contribution in [0.3, 0.4) is 0 Å². The molecule has 3 aliphatic rings. The van der Waals surface area contributed by atoms with Gasteiger partial charge in [0.25, 0.3) is 5.91 Å². The van der Waals surface area contributed by atoms with Crippen molar-refractivity contribution in [2.45, 2.75) is 44.3 Å². The zero-order valence-corrected chi connectivity index (χ0v) is 20.2. The van der Waals surface area contributed by atoms with Crippen LogP contribution in [0.2, 0.25) is 10.0 Å². The molecule has 4 rings (SSSR count). The highest BCUT2D eigenvalue weighted by atomic mass is 35.5. The minimum atomic E-state index is -0.495. The normalized spacial score (nSPS) is 25.6. The van der Waals surface area contributed by atoms with Gasteiger partial charge >= 0.3 is 5.97 Å². The van der Waals surface area contributed by atoms with Gasteiger partial charge in [-0.15, -0.1) is 0 Å². The molecule has 2 amide bonds. The van der Waals surface area contributed by atoms with E-state index in [1.54, 1.807) is 17.0 Å². The SMILES string of the molecule is CC(=O)OCC(=O)N1CCN(C(=O)Cc2ccc(Cl)c(Cl)c2)C2C1COC[C@@H]2N1CCCC1. The van der Waals surface area contributed by atoms with Gasteiger partial charge in [-0.1, -0.05) is 29.3 Å². The predicted octanol–water partition coefficient (Wildman–Crippen LogP) is 2.00. The molecule has 3 saturated heterocycles. The smallest absolute Gasteiger partial charge is 0.303 e. The van der Waals surface area contributed by atoms with Crippen molar-refractivity contribution in [3.05, 3.63) is 33.8 Å². The molecule has 0 N–H and O–H groups in total. The molecule has 10 heteroatoms. The Balaban J connectivity index is 1.57. The van der Waals surface area contributed by atoms with Crippen molar-refractivity contribution >= 4 is 41.0 Å². The van der Waals surface area contributed by atoms with Crippen LogP contribution in [0.5, 0.6) is 0 Å². The molecular weight excluding hydrogens is 469 g/mol. The van der Waals surface area contributed by atoms with Crippen LogP contribution in [-0.4, -0.2) is 96.6 Å². The number of nitrogens with zero attached hydrogens (tertiary/aromatic N) is 3. The lowest BCUT2D eigenvalue weighted by atomic mass is 9.90. The van der Waals surface area contributed by atoms with Gasteiger partial charge in [-0.3, -0.25) is 19.3 Å². The largest absolute Gasteiger partial charge is 0.456 e. The molecule has 0 bridgehead atoms. The molecule has 1 aromatic rings. The summed E-state index contributed by atoms with van der Waals surface area (Å²) in [6.07, 6.45) is 2.43. The second-order valence-corrected chi connectivity index (χ2v) is 9.60. The minimum absolute atomic E-state index is 0.00771. The second-order valence-electron chi connectivity index (χ2n) is 8.79. The monoisotopic (exact) mass is 497 g/mol. The summed E-state index contributed by atoms with van der Waals surface area (Å²) in [7, 11) is 0. The number of piperazine rings is 1. The number of ether oxygens (including phenoxy) is 2. The third-order valence-corrected chi connectivity index (χ3v) is 7.44. The molecule has 1 aromatic carbocycles. The third kappa shape index (κ3) is 5.45. The lowest BCUT2D eigenvalue weighted by molar-refractivity contribution is -0.167. The number of likely N-dealkylation sites (tertiary alicyclic amines) is 1. The van der Waals surface area contributed by atoms with E-state index in [2.05, 4.69) is 4.90 Å². The van der Waals surface area contributed by atoms with E-state index in [9.17, 15) is 14.4 Å². The highest BCUT2D eigenvalue weighted by Gasteiger charge is 2.49. The van der Waals surface area contributed by atoms with E-state index >= 15 is 0 Å². The van der Waals surface area contributed by atoms with E-state index in [-0.39, 0.29) is 43.0 Å². The molecule has 180 valence electrons. The number of benzene rings is 1. The summed E-state index contributed by atoms with van der Waals surface area (Å²) in [5.41, 5.74) is 0.795. The van der Waals surface area contributed by atoms with Gasteiger partial charge < -0.3 is 19.3 Å². The molecule has 0 saturated carbocycles. The summed E-state index contributed by atoms with van der Waals surface area (Å²) in [6.45, 7) is 4.52. The Morgan fingerprint density at radius 3 is 2.36 bits per heavy atom. The zero-order valence-electron chi connectivity index (χ0n) is 18.7. The maximum Gasteiger partial charge on any atom is 0.303 e. The van der Waals surface area contributed by atoms with E-state index in [4.69, 9.17) is 32.7 Å². The van der Waals surface area contributed by atoms with Gasteiger partial charge in [0.15, 0.2) is 6.61 Å². The Kier molecular flexibility index (Phi) is 7.79. The molecule has 33 heavy (non-hydrogen) atoms. The first-order valence-corrected chi connectivity index (χ1v) is 12.1. The van der Waals surface area contributed by atoms with Crippen LogP contribution in [0.15, 0.2) is 18.2 Å². The quantitative estimate of drug-likeness (QED) is 0.578. The highest BCUT2D eigenvalue weighted by molar-refractivity contribution is 6.42. The first kappa shape index (κ1) is 24.3. The van der Waals surface area contributed by atoms with Gasteiger partial charge in [0.1, 0.15) is 0 Å². The molecule has 2 unspecified atom stereocenters. The molecule has 3 heterocycles. The number of amides is 2. The summed E-state index contributed by atoms with van der Waals surface area (Å²) >= 11 is 12.2. The van der Waals surface area contributed by atoms with E-state index in [1.165, 1.54) is 6.92 Å². The van der Waals surface area contributed by atoms with Crippen LogP contribution >= 0.6 is 23.2 Å². The van der Waals surface area contributed by atoms with Crippen molar-refractivity contribution in [3.8, 4) is 0 Å². The van der Waals surface area contributed by atoms with Crippen LogP contribution in [0.1, 0.15) is 25.3 Å².